The van der Waals surface area contributed by atoms with Crippen LogP contribution in [0.5, 0.6) is 0 Å². The Balaban J connectivity index is 2.68. The third-order valence-corrected chi connectivity index (χ3v) is 3.09. The van der Waals surface area contributed by atoms with Crippen molar-refractivity contribution in [2.75, 3.05) is 6.61 Å². The SMILES string of the molecule is CCCOC(=O)c1c(C)c(=O)[nH]c2ccc(Cl)cc12. The minimum absolute atomic E-state index is 0.287. The van der Waals surface area contributed by atoms with E-state index in [9.17, 15) is 9.59 Å². The van der Waals surface area contributed by atoms with Crippen molar-refractivity contribution in [2.24, 2.45) is 0 Å². The third-order valence-electron chi connectivity index (χ3n) is 2.86. The normalized spacial score (nSPS) is 10.7. The number of ether oxygens (including phenoxy) is 1. The van der Waals surface area contributed by atoms with Crippen LogP contribution in [0, 0.1) is 6.92 Å². The molecule has 0 unspecified atom stereocenters. The monoisotopic (exact) mass is 279 g/mol. The number of carbonyl (C=O) groups excluding carboxylic acids is 1. The Morgan fingerprint density at radius 2 is 2.16 bits per heavy atom. The first-order valence-corrected chi connectivity index (χ1v) is 6.41. The van der Waals surface area contributed by atoms with Gasteiger partial charge in [-0.25, -0.2) is 4.79 Å². The Morgan fingerprint density at radius 1 is 1.42 bits per heavy atom. The third kappa shape index (κ3) is 2.63. The smallest absolute Gasteiger partial charge is 0.339 e. The van der Waals surface area contributed by atoms with Crippen molar-refractivity contribution >= 4 is 28.5 Å². The lowest BCUT2D eigenvalue weighted by Gasteiger charge is -2.09. The van der Waals surface area contributed by atoms with Crippen LogP contribution in [0.2, 0.25) is 5.02 Å². The fourth-order valence-electron chi connectivity index (χ4n) is 1.89. The molecular formula is C14H14ClNO3. The fraction of sp³-hybridized carbons (Fsp3) is 0.286. The summed E-state index contributed by atoms with van der Waals surface area (Å²) in [4.78, 5) is 26.6. The van der Waals surface area contributed by atoms with Crippen LogP contribution in [-0.2, 0) is 4.74 Å². The molecule has 1 aromatic carbocycles. The zero-order valence-electron chi connectivity index (χ0n) is 10.7. The lowest BCUT2D eigenvalue weighted by Crippen LogP contribution is -2.18. The molecule has 0 saturated carbocycles. The van der Waals surface area contributed by atoms with Gasteiger partial charge in [-0.3, -0.25) is 4.79 Å². The molecule has 0 saturated heterocycles. The number of hydrogen-bond acceptors (Lipinski definition) is 3. The molecule has 19 heavy (non-hydrogen) atoms. The second-order valence-electron chi connectivity index (χ2n) is 4.28. The summed E-state index contributed by atoms with van der Waals surface area (Å²) in [5, 5.41) is 1.11. The molecule has 0 spiro atoms. The first-order valence-electron chi connectivity index (χ1n) is 6.04. The maximum Gasteiger partial charge on any atom is 0.339 e. The molecule has 4 nitrogen and oxygen atoms in total. The van der Waals surface area contributed by atoms with E-state index >= 15 is 0 Å². The number of nitrogens with one attached hydrogen (secondary N) is 1. The van der Waals surface area contributed by atoms with E-state index in [1.165, 1.54) is 0 Å². The summed E-state index contributed by atoms with van der Waals surface area (Å²) < 4.78 is 5.13. The van der Waals surface area contributed by atoms with Gasteiger partial charge in [-0.15, -0.1) is 0 Å². The highest BCUT2D eigenvalue weighted by Gasteiger charge is 2.17. The molecule has 2 aromatic rings. The van der Waals surface area contributed by atoms with Crippen molar-refractivity contribution in [1.82, 2.24) is 4.98 Å². The highest BCUT2D eigenvalue weighted by atomic mass is 35.5. The number of esters is 1. The molecule has 0 aliphatic rings. The summed E-state index contributed by atoms with van der Waals surface area (Å²) in [5.74, 6) is -0.488. The number of pyridine rings is 1. The predicted molar refractivity (Wildman–Crippen MR) is 74.9 cm³/mol. The molecule has 2 rings (SSSR count). The first kappa shape index (κ1) is 13.6. The lowest BCUT2D eigenvalue weighted by atomic mass is 10.0. The highest BCUT2D eigenvalue weighted by molar-refractivity contribution is 6.31. The number of rotatable bonds is 3. The quantitative estimate of drug-likeness (QED) is 0.879. The molecule has 0 aliphatic carbocycles. The molecule has 1 N–H and O–H groups in total. The Kier molecular flexibility index (Phi) is 3.90. The molecule has 1 aromatic heterocycles. The van der Waals surface area contributed by atoms with Crippen molar-refractivity contribution in [3.63, 3.8) is 0 Å². The van der Waals surface area contributed by atoms with Crippen LogP contribution < -0.4 is 5.56 Å². The van der Waals surface area contributed by atoms with Crippen molar-refractivity contribution in [2.45, 2.75) is 20.3 Å². The average molecular weight is 280 g/mol. The van der Waals surface area contributed by atoms with Crippen LogP contribution in [0.15, 0.2) is 23.0 Å². The molecule has 0 radical (unpaired) electrons. The van der Waals surface area contributed by atoms with Gasteiger partial charge in [0.15, 0.2) is 0 Å². The van der Waals surface area contributed by atoms with Crippen LogP contribution in [0.25, 0.3) is 10.9 Å². The molecule has 5 heteroatoms. The van der Waals surface area contributed by atoms with Gasteiger partial charge in [-0.05, 0) is 31.5 Å². The van der Waals surface area contributed by atoms with Gasteiger partial charge in [0, 0.05) is 21.5 Å². The first-order chi connectivity index (χ1) is 9.04. The second kappa shape index (κ2) is 5.45. The number of benzene rings is 1. The van der Waals surface area contributed by atoms with Crippen LogP contribution in [-0.4, -0.2) is 17.6 Å². The van der Waals surface area contributed by atoms with E-state index in [1.807, 2.05) is 6.92 Å². The largest absolute Gasteiger partial charge is 0.462 e. The van der Waals surface area contributed by atoms with Crippen molar-refractivity contribution in [1.29, 1.82) is 0 Å². The van der Waals surface area contributed by atoms with E-state index in [4.69, 9.17) is 16.3 Å². The van der Waals surface area contributed by atoms with Gasteiger partial charge >= 0.3 is 5.97 Å². The van der Waals surface area contributed by atoms with Crippen molar-refractivity contribution < 1.29 is 9.53 Å². The topological polar surface area (TPSA) is 59.2 Å². The molecule has 0 aliphatic heterocycles. The molecular weight excluding hydrogens is 266 g/mol. The Labute approximate surface area is 115 Å². The van der Waals surface area contributed by atoms with Crippen molar-refractivity contribution in [3.05, 3.63) is 44.7 Å². The number of aromatic amines is 1. The van der Waals surface area contributed by atoms with Crippen LogP contribution in [0.1, 0.15) is 29.3 Å². The molecule has 1 heterocycles. The van der Waals surface area contributed by atoms with Gasteiger partial charge in [0.05, 0.1) is 12.2 Å². The van der Waals surface area contributed by atoms with Crippen LogP contribution in [0.3, 0.4) is 0 Å². The summed E-state index contributed by atoms with van der Waals surface area (Å²) in [6.07, 6.45) is 0.729. The van der Waals surface area contributed by atoms with E-state index in [0.29, 0.717) is 28.1 Å². The molecule has 100 valence electrons. The zero-order valence-corrected chi connectivity index (χ0v) is 11.5. The second-order valence-corrected chi connectivity index (χ2v) is 4.72. The van der Waals surface area contributed by atoms with Crippen molar-refractivity contribution in [3.8, 4) is 0 Å². The van der Waals surface area contributed by atoms with Gasteiger partial charge < -0.3 is 9.72 Å². The van der Waals surface area contributed by atoms with Gasteiger partial charge in [0.1, 0.15) is 0 Å². The summed E-state index contributed by atoms with van der Waals surface area (Å²) in [5.41, 5.74) is 0.910. The zero-order chi connectivity index (χ0) is 14.0. The van der Waals surface area contributed by atoms with E-state index in [-0.39, 0.29) is 11.1 Å². The maximum atomic E-state index is 12.1. The van der Waals surface area contributed by atoms with Crippen LogP contribution in [0.4, 0.5) is 0 Å². The van der Waals surface area contributed by atoms with E-state index in [1.54, 1.807) is 25.1 Å². The Morgan fingerprint density at radius 3 is 2.84 bits per heavy atom. The average Bonchev–Trinajstić information content (AvgIpc) is 2.38. The minimum atomic E-state index is -0.488. The Bertz CT molecular complexity index is 691. The number of H-pyrrole nitrogens is 1. The van der Waals surface area contributed by atoms with E-state index < -0.39 is 5.97 Å². The highest BCUT2D eigenvalue weighted by Crippen LogP contribution is 2.22. The van der Waals surface area contributed by atoms with Gasteiger partial charge in [0.2, 0.25) is 0 Å². The van der Waals surface area contributed by atoms with Crippen LogP contribution >= 0.6 is 11.6 Å². The minimum Gasteiger partial charge on any atom is -0.462 e. The number of fused-ring (bicyclic) bond motifs is 1. The number of hydrogen-bond donors (Lipinski definition) is 1. The van der Waals surface area contributed by atoms with Gasteiger partial charge in [0.25, 0.3) is 5.56 Å². The fourth-order valence-corrected chi connectivity index (χ4v) is 2.07. The summed E-state index contributed by atoms with van der Waals surface area (Å²) in [6, 6.07) is 4.99. The molecule has 0 amide bonds. The predicted octanol–water partition coefficient (Wildman–Crippen LogP) is 3.06. The van der Waals surface area contributed by atoms with Gasteiger partial charge in [-0.1, -0.05) is 18.5 Å². The Hall–Kier alpha value is -1.81. The number of halogens is 1. The summed E-state index contributed by atoms with van der Waals surface area (Å²) >= 11 is 5.95. The summed E-state index contributed by atoms with van der Waals surface area (Å²) in [7, 11) is 0. The lowest BCUT2D eigenvalue weighted by molar-refractivity contribution is 0.0506. The summed E-state index contributed by atoms with van der Waals surface area (Å²) in [6.45, 7) is 3.84. The molecule has 0 fully saturated rings. The standard InChI is InChI=1S/C14H14ClNO3/c1-3-6-19-14(18)12-8(2)13(17)16-11-5-4-9(15)7-10(11)12/h4-5,7H,3,6H2,1-2H3,(H,16,17). The molecule has 0 atom stereocenters. The van der Waals surface area contributed by atoms with Gasteiger partial charge in [-0.2, -0.15) is 0 Å². The molecule has 0 bridgehead atoms. The number of aromatic nitrogens is 1. The van der Waals surface area contributed by atoms with E-state index in [2.05, 4.69) is 4.98 Å². The van der Waals surface area contributed by atoms with E-state index in [0.717, 1.165) is 6.42 Å². The maximum absolute atomic E-state index is 12.1. The number of carbonyl (C=O) groups is 1.